The van der Waals surface area contributed by atoms with Crippen LogP contribution in [0.5, 0.6) is 0 Å². The van der Waals surface area contributed by atoms with E-state index in [1.165, 1.54) is 0 Å². The number of ether oxygens (including phenoxy) is 1. The highest BCUT2D eigenvalue weighted by molar-refractivity contribution is 5.97. The van der Waals surface area contributed by atoms with Gasteiger partial charge in [-0.1, -0.05) is 78.9 Å². The van der Waals surface area contributed by atoms with Crippen LogP contribution in [0.15, 0.2) is 104 Å². The molecule has 0 bridgehead atoms. The summed E-state index contributed by atoms with van der Waals surface area (Å²) in [6.45, 7) is 0.473. The lowest BCUT2D eigenvalue weighted by Crippen LogP contribution is -2.11. The summed E-state index contributed by atoms with van der Waals surface area (Å²) in [5.74, 6) is 0. The molecule has 0 fully saturated rings. The van der Waals surface area contributed by atoms with Crippen molar-refractivity contribution in [3.63, 3.8) is 0 Å². The van der Waals surface area contributed by atoms with Crippen LogP contribution >= 0.6 is 12.4 Å². The highest BCUT2D eigenvalue weighted by Gasteiger charge is 2.21. The Balaban J connectivity index is 0.00000274. The van der Waals surface area contributed by atoms with Crippen LogP contribution in [0.2, 0.25) is 0 Å². The average molecular weight is 466 g/mol. The molecule has 168 valence electrons. The second-order valence-electron chi connectivity index (χ2n) is 8.05. The molecule has 4 nitrogen and oxygen atoms in total. The predicted molar refractivity (Wildman–Crippen MR) is 138 cm³/mol. The van der Waals surface area contributed by atoms with E-state index < -0.39 is 0 Å². The van der Waals surface area contributed by atoms with Crippen molar-refractivity contribution in [2.75, 3.05) is 0 Å². The molecule has 5 heteroatoms. The van der Waals surface area contributed by atoms with Gasteiger partial charge in [-0.25, -0.2) is 4.98 Å². The second-order valence-corrected chi connectivity index (χ2v) is 8.05. The van der Waals surface area contributed by atoms with Gasteiger partial charge in [-0.3, -0.25) is 0 Å². The van der Waals surface area contributed by atoms with Crippen LogP contribution < -0.4 is 0 Å². The Morgan fingerprint density at radius 3 is 2.44 bits per heavy atom. The van der Waals surface area contributed by atoms with Crippen molar-refractivity contribution in [1.29, 1.82) is 5.26 Å². The molecule has 1 heterocycles. The molecule has 5 aromatic rings. The van der Waals surface area contributed by atoms with E-state index in [0.717, 1.165) is 38.7 Å². The van der Waals surface area contributed by atoms with Gasteiger partial charge in [-0.15, -0.1) is 12.4 Å². The molecule has 0 N–H and O–H groups in total. The minimum absolute atomic E-state index is 0. The monoisotopic (exact) mass is 465 g/mol. The summed E-state index contributed by atoms with van der Waals surface area (Å²) in [5.41, 5.74) is 5.63. The molecule has 0 saturated heterocycles. The van der Waals surface area contributed by atoms with Gasteiger partial charge >= 0.3 is 0 Å². The molecule has 0 amide bonds. The lowest BCUT2D eigenvalue weighted by molar-refractivity contribution is 0.0622. The number of fused-ring (bicyclic) bond motifs is 1. The fourth-order valence-corrected chi connectivity index (χ4v) is 4.23. The summed E-state index contributed by atoms with van der Waals surface area (Å²) in [6.07, 6.45) is 3.30. The highest BCUT2D eigenvalue weighted by Crippen LogP contribution is 2.35. The Bertz CT molecular complexity index is 1450. The lowest BCUT2D eigenvalue weighted by atomic mass is 9.92. The maximum atomic E-state index is 9.87. The number of halogens is 1. The van der Waals surface area contributed by atoms with Crippen LogP contribution in [0.1, 0.15) is 28.5 Å². The third-order valence-electron chi connectivity index (χ3n) is 5.93. The quantitative estimate of drug-likeness (QED) is 0.276. The Kier molecular flexibility index (Phi) is 7.08. The third kappa shape index (κ3) is 4.58. The van der Waals surface area contributed by atoms with Gasteiger partial charge in [0.15, 0.2) is 0 Å². The van der Waals surface area contributed by atoms with E-state index in [2.05, 4.69) is 53.5 Å². The Hall–Kier alpha value is -3.91. The number of hydrogen-bond acceptors (Lipinski definition) is 3. The summed E-state index contributed by atoms with van der Waals surface area (Å²) in [5, 5.41) is 12.1. The maximum Gasteiger partial charge on any atom is 0.124 e. The van der Waals surface area contributed by atoms with Gasteiger partial charge < -0.3 is 9.30 Å². The number of hydrogen-bond donors (Lipinski definition) is 0. The first-order valence-corrected chi connectivity index (χ1v) is 10.9. The van der Waals surface area contributed by atoms with Crippen molar-refractivity contribution in [3.8, 4) is 17.2 Å². The number of aromatic nitrogens is 2. The van der Waals surface area contributed by atoms with Crippen LogP contribution in [0.25, 0.3) is 21.9 Å². The standard InChI is InChI=1S/C29H23N3O.ClH/c1-32-20-31-18-28(32)29(33-19-21-8-3-2-4-9-21)23-14-15-24(17-30)27(16-23)26-13-7-11-22-10-5-6-12-25(22)26;/h2-16,18,20,29H,19H2,1H3;1H. The SMILES string of the molecule is Cl.Cn1cncc1C(OCc1ccccc1)c1ccc(C#N)c(-c2cccc3ccccc23)c1. The molecule has 1 aromatic heterocycles. The molecule has 0 saturated carbocycles. The number of nitriles is 1. The number of imidazole rings is 1. The predicted octanol–water partition coefficient (Wildman–Crippen LogP) is 6.84. The number of nitrogens with zero attached hydrogens (tertiary/aromatic N) is 3. The van der Waals surface area contributed by atoms with E-state index in [0.29, 0.717) is 12.2 Å². The van der Waals surface area contributed by atoms with Gasteiger partial charge in [-0.05, 0) is 39.6 Å². The van der Waals surface area contributed by atoms with Gasteiger partial charge in [0, 0.05) is 12.6 Å². The van der Waals surface area contributed by atoms with Crippen molar-refractivity contribution >= 4 is 23.2 Å². The third-order valence-corrected chi connectivity index (χ3v) is 5.93. The molecule has 0 aliphatic heterocycles. The molecule has 4 aromatic carbocycles. The topological polar surface area (TPSA) is 50.8 Å². The molecular weight excluding hydrogens is 442 g/mol. The molecule has 0 aliphatic rings. The van der Waals surface area contributed by atoms with Gasteiger partial charge in [0.2, 0.25) is 0 Å². The Morgan fingerprint density at radius 2 is 1.68 bits per heavy atom. The van der Waals surface area contributed by atoms with Gasteiger partial charge in [0.05, 0.1) is 36.5 Å². The zero-order chi connectivity index (χ0) is 22.6. The van der Waals surface area contributed by atoms with Crippen molar-refractivity contribution in [3.05, 3.63) is 126 Å². The summed E-state index contributed by atoms with van der Waals surface area (Å²) < 4.78 is 8.43. The van der Waals surface area contributed by atoms with Gasteiger partial charge in [-0.2, -0.15) is 5.26 Å². The molecule has 0 radical (unpaired) electrons. The van der Waals surface area contributed by atoms with Crippen molar-refractivity contribution in [1.82, 2.24) is 9.55 Å². The number of aryl methyl sites for hydroxylation is 1. The van der Waals surface area contributed by atoms with Crippen molar-refractivity contribution in [2.24, 2.45) is 7.05 Å². The van der Waals surface area contributed by atoms with E-state index in [4.69, 9.17) is 4.74 Å². The summed E-state index contributed by atoms with van der Waals surface area (Å²) >= 11 is 0. The minimum Gasteiger partial charge on any atom is -0.363 e. The van der Waals surface area contributed by atoms with Crippen LogP contribution in [0.4, 0.5) is 0 Å². The van der Waals surface area contributed by atoms with Crippen LogP contribution in [-0.2, 0) is 18.4 Å². The molecule has 0 aliphatic carbocycles. The van der Waals surface area contributed by atoms with E-state index in [1.807, 2.05) is 66.3 Å². The number of rotatable bonds is 6. The number of benzene rings is 4. The maximum absolute atomic E-state index is 9.87. The Morgan fingerprint density at radius 1 is 0.912 bits per heavy atom. The van der Waals surface area contributed by atoms with Gasteiger partial charge in [0.1, 0.15) is 6.10 Å². The first-order valence-electron chi connectivity index (χ1n) is 10.9. The lowest BCUT2D eigenvalue weighted by Gasteiger charge is -2.21. The van der Waals surface area contributed by atoms with E-state index in [-0.39, 0.29) is 18.5 Å². The smallest absolute Gasteiger partial charge is 0.124 e. The second kappa shape index (κ2) is 10.4. The first-order chi connectivity index (χ1) is 16.2. The van der Waals surface area contributed by atoms with Crippen LogP contribution in [0, 0.1) is 11.3 Å². The fourth-order valence-electron chi connectivity index (χ4n) is 4.23. The van der Waals surface area contributed by atoms with E-state index >= 15 is 0 Å². The highest BCUT2D eigenvalue weighted by atomic mass is 35.5. The average Bonchev–Trinajstić information content (AvgIpc) is 3.30. The largest absolute Gasteiger partial charge is 0.363 e. The molecule has 1 atom stereocenters. The fraction of sp³-hybridized carbons (Fsp3) is 0.103. The van der Waals surface area contributed by atoms with E-state index in [1.54, 1.807) is 6.33 Å². The van der Waals surface area contributed by atoms with E-state index in [9.17, 15) is 5.26 Å². The molecule has 5 rings (SSSR count). The molecular formula is C29H24ClN3O. The first kappa shape index (κ1) is 23.3. The summed E-state index contributed by atoms with van der Waals surface area (Å²) in [6, 6.07) is 32.9. The zero-order valence-corrected chi connectivity index (χ0v) is 19.6. The molecule has 34 heavy (non-hydrogen) atoms. The van der Waals surface area contributed by atoms with Crippen molar-refractivity contribution < 1.29 is 4.74 Å². The normalized spacial score (nSPS) is 11.5. The zero-order valence-electron chi connectivity index (χ0n) is 18.8. The van der Waals surface area contributed by atoms with Gasteiger partial charge in [0.25, 0.3) is 0 Å². The summed E-state index contributed by atoms with van der Waals surface area (Å²) in [4.78, 5) is 4.31. The van der Waals surface area contributed by atoms with Crippen LogP contribution in [-0.4, -0.2) is 9.55 Å². The molecule has 1 unspecified atom stereocenters. The summed E-state index contributed by atoms with van der Waals surface area (Å²) in [7, 11) is 1.97. The van der Waals surface area contributed by atoms with Crippen molar-refractivity contribution in [2.45, 2.75) is 12.7 Å². The Labute approximate surface area is 205 Å². The minimum atomic E-state index is -0.320. The van der Waals surface area contributed by atoms with Crippen LogP contribution in [0.3, 0.4) is 0 Å². The molecule has 0 spiro atoms.